The molecule has 0 aliphatic rings. The normalized spacial score (nSPS) is 10.3. The second-order valence-corrected chi connectivity index (χ2v) is 5.54. The Labute approximate surface area is 131 Å². The van der Waals surface area contributed by atoms with Gasteiger partial charge in [-0.25, -0.2) is 0 Å². The lowest BCUT2D eigenvalue weighted by molar-refractivity contribution is -0.116. The van der Waals surface area contributed by atoms with Crippen molar-refractivity contribution in [2.24, 2.45) is 0 Å². The zero-order valence-electron chi connectivity index (χ0n) is 13.3. The number of rotatable bonds is 5. The molecule has 0 saturated heterocycles. The molecule has 0 aliphatic carbocycles. The number of hydrogen-bond donors (Lipinski definition) is 2. The van der Waals surface area contributed by atoms with E-state index in [0.717, 1.165) is 28.1 Å². The Bertz CT molecular complexity index is 661. The first-order valence-corrected chi connectivity index (χ1v) is 7.31. The zero-order valence-corrected chi connectivity index (χ0v) is 13.3. The summed E-state index contributed by atoms with van der Waals surface area (Å²) in [6, 6.07) is 11.5. The minimum absolute atomic E-state index is 0.0851. The Balaban J connectivity index is 1.86. The lowest BCUT2D eigenvalue weighted by Crippen LogP contribution is -2.16. The highest BCUT2D eigenvalue weighted by atomic mass is 16.5. The van der Waals surface area contributed by atoms with E-state index in [0.29, 0.717) is 18.7 Å². The molecule has 2 rings (SSSR count). The third-order valence-electron chi connectivity index (χ3n) is 3.33. The van der Waals surface area contributed by atoms with Gasteiger partial charge in [0.2, 0.25) is 5.91 Å². The van der Waals surface area contributed by atoms with Crippen molar-refractivity contribution in [3.05, 3.63) is 53.1 Å². The van der Waals surface area contributed by atoms with Crippen molar-refractivity contribution in [1.82, 2.24) is 0 Å². The summed E-state index contributed by atoms with van der Waals surface area (Å²) in [5, 5.41) is 2.86. The summed E-state index contributed by atoms with van der Waals surface area (Å²) in [5.41, 5.74) is 10.4. The summed E-state index contributed by atoms with van der Waals surface area (Å²) in [5.74, 6) is 0.712. The zero-order chi connectivity index (χ0) is 16.1. The van der Waals surface area contributed by atoms with Crippen molar-refractivity contribution in [3.63, 3.8) is 0 Å². The van der Waals surface area contributed by atoms with Crippen LogP contribution in [0.5, 0.6) is 5.75 Å². The van der Waals surface area contributed by atoms with E-state index >= 15 is 0 Å². The average Bonchev–Trinajstić information content (AvgIpc) is 2.42. The summed E-state index contributed by atoms with van der Waals surface area (Å²) in [6.45, 7) is 6.32. The van der Waals surface area contributed by atoms with Crippen LogP contribution in [0.15, 0.2) is 36.4 Å². The smallest absolute Gasteiger partial charge is 0.227 e. The highest BCUT2D eigenvalue weighted by Crippen LogP contribution is 2.19. The van der Waals surface area contributed by atoms with Gasteiger partial charge >= 0.3 is 0 Å². The molecule has 0 heterocycles. The lowest BCUT2D eigenvalue weighted by atomic mass is 10.1. The number of nitrogen functional groups attached to an aromatic ring is 1. The fraction of sp³-hybridized carbons (Fsp3) is 0.278. The van der Waals surface area contributed by atoms with Gasteiger partial charge in [0.1, 0.15) is 5.75 Å². The fourth-order valence-electron chi connectivity index (χ4n) is 2.26. The first kappa shape index (κ1) is 15.9. The number of aryl methyl sites for hydroxylation is 3. The summed E-state index contributed by atoms with van der Waals surface area (Å²) in [7, 11) is 0. The van der Waals surface area contributed by atoms with Crippen molar-refractivity contribution in [3.8, 4) is 5.75 Å². The van der Waals surface area contributed by atoms with Gasteiger partial charge in [0.25, 0.3) is 0 Å². The Kier molecular flexibility index (Phi) is 5.04. The van der Waals surface area contributed by atoms with E-state index in [2.05, 4.69) is 11.4 Å². The van der Waals surface area contributed by atoms with Gasteiger partial charge in [-0.1, -0.05) is 12.1 Å². The predicted molar refractivity (Wildman–Crippen MR) is 90.2 cm³/mol. The number of benzene rings is 2. The van der Waals surface area contributed by atoms with Crippen LogP contribution in [-0.4, -0.2) is 12.5 Å². The van der Waals surface area contributed by atoms with Gasteiger partial charge in [0.15, 0.2) is 0 Å². The average molecular weight is 298 g/mol. The number of anilines is 2. The van der Waals surface area contributed by atoms with E-state index in [9.17, 15) is 4.79 Å². The maximum absolute atomic E-state index is 12.0. The number of hydrogen-bond acceptors (Lipinski definition) is 3. The van der Waals surface area contributed by atoms with Crippen LogP contribution in [0.1, 0.15) is 23.1 Å². The largest absolute Gasteiger partial charge is 0.493 e. The van der Waals surface area contributed by atoms with E-state index in [1.807, 2.05) is 45.0 Å². The molecule has 0 saturated carbocycles. The maximum Gasteiger partial charge on any atom is 0.227 e. The predicted octanol–water partition coefficient (Wildman–Crippen LogP) is 3.60. The van der Waals surface area contributed by atoms with Crippen LogP contribution in [0.3, 0.4) is 0 Å². The highest BCUT2D eigenvalue weighted by Gasteiger charge is 2.06. The molecule has 4 nitrogen and oxygen atoms in total. The highest BCUT2D eigenvalue weighted by molar-refractivity contribution is 5.92. The van der Waals surface area contributed by atoms with E-state index in [-0.39, 0.29) is 5.91 Å². The van der Waals surface area contributed by atoms with E-state index in [1.165, 1.54) is 0 Å². The molecule has 0 aliphatic heterocycles. The number of nitrogens with two attached hydrogens (primary N) is 1. The molecule has 3 N–H and O–H groups in total. The van der Waals surface area contributed by atoms with Crippen LogP contribution in [0, 0.1) is 20.8 Å². The topological polar surface area (TPSA) is 64.3 Å². The third kappa shape index (κ3) is 4.52. The van der Waals surface area contributed by atoms with Gasteiger partial charge in [-0.05, 0) is 61.7 Å². The van der Waals surface area contributed by atoms with Crippen LogP contribution in [0.25, 0.3) is 0 Å². The minimum Gasteiger partial charge on any atom is -0.493 e. The van der Waals surface area contributed by atoms with Gasteiger partial charge in [-0.2, -0.15) is 0 Å². The summed E-state index contributed by atoms with van der Waals surface area (Å²) in [6.07, 6.45) is 0.293. The van der Waals surface area contributed by atoms with Crippen LogP contribution < -0.4 is 15.8 Å². The van der Waals surface area contributed by atoms with Crippen molar-refractivity contribution < 1.29 is 9.53 Å². The van der Waals surface area contributed by atoms with Crippen LogP contribution in [-0.2, 0) is 4.79 Å². The number of carbonyl (C=O) groups is 1. The molecule has 116 valence electrons. The lowest BCUT2D eigenvalue weighted by Gasteiger charge is -2.10. The molecule has 0 bridgehead atoms. The summed E-state index contributed by atoms with van der Waals surface area (Å²) >= 11 is 0. The first-order chi connectivity index (χ1) is 10.4. The number of carbonyl (C=O) groups excluding carboxylic acids is 1. The molecular formula is C18H22N2O2. The monoisotopic (exact) mass is 298 g/mol. The van der Waals surface area contributed by atoms with Gasteiger partial charge < -0.3 is 15.8 Å². The van der Waals surface area contributed by atoms with E-state index < -0.39 is 0 Å². The summed E-state index contributed by atoms with van der Waals surface area (Å²) in [4.78, 5) is 12.0. The second kappa shape index (κ2) is 6.98. The molecular weight excluding hydrogens is 276 g/mol. The molecule has 0 fully saturated rings. The quantitative estimate of drug-likeness (QED) is 0.829. The van der Waals surface area contributed by atoms with Crippen LogP contribution >= 0.6 is 0 Å². The Morgan fingerprint density at radius 1 is 1.09 bits per heavy atom. The van der Waals surface area contributed by atoms with Gasteiger partial charge in [0, 0.05) is 11.4 Å². The molecule has 0 atom stereocenters. The maximum atomic E-state index is 12.0. The molecule has 22 heavy (non-hydrogen) atoms. The SMILES string of the molecule is Cc1cc(C)cc(OCCC(=O)Nc2cc(N)ccc2C)c1. The van der Waals surface area contributed by atoms with Crippen molar-refractivity contribution in [2.75, 3.05) is 17.7 Å². The number of nitrogens with one attached hydrogen (secondary N) is 1. The first-order valence-electron chi connectivity index (χ1n) is 7.31. The van der Waals surface area contributed by atoms with Gasteiger partial charge in [0.05, 0.1) is 13.0 Å². The minimum atomic E-state index is -0.0851. The van der Waals surface area contributed by atoms with Crippen molar-refractivity contribution >= 4 is 17.3 Å². The van der Waals surface area contributed by atoms with E-state index in [4.69, 9.17) is 10.5 Å². The van der Waals surface area contributed by atoms with Crippen molar-refractivity contribution in [2.45, 2.75) is 27.2 Å². The fourth-order valence-corrected chi connectivity index (χ4v) is 2.26. The molecule has 2 aromatic rings. The van der Waals surface area contributed by atoms with Crippen LogP contribution in [0.4, 0.5) is 11.4 Å². The Hall–Kier alpha value is -2.49. The standard InChI is InChI=1S/C18H22N2O2/c1-12-8-13(2)10-16(9-12)22-7-6-18(21)20-17-11-15(19)5-4-14(17)3/h4-5,8-11H,6-7,19H2,1-3H3,(H,20,21). The Morgan fingerprint density at radius 3 is 2.45 bits per heavy atom. The van der Waals surface area contributed by atoms with Gasteiger partial charge in [-0.15, -0.1) is 0 Å². The van der Waals surface area contributed by atoms with Crippen LogP contribution in [0.2, 0.25) is 0 Å². The Morgan fingerprint density at radius 2 is 1.77 bits per heavy atom. The molecule has 0 spiro atoms. The molecule has 0 radical (unpaired) electrons. The number of ether oxygens (including phenoxy) is 1. The van der Waals surface area contributed by atoms with Crippen molar-refractivity contribution in [1.29, 1.82) is 0 Å². The molecule has 0 unspecified atom stereocenters. The number of amides is 1. The third-order valence-corrected chi connectivity index (χ3v) is 3.33. The molecule has 2 aromatic carbocycles. The van der Waals surface area contributed by atoms with Gasteiger partial charge in [-0.3, -0.25) is 4.79 Å². The molecule has 4 heteroatoms. The van der Waals surface area contributed by atoms with E-state index in [1.54, 1.807) is 6.07 Å². The second-order valence-electron chi connectivity index (χ2n) is 5.54. The summed E-state index contributed by atoms with van der Waals surface area (Å²) < 4.78 is 5.64. The molecule has 1 amide bonds. The molecule has 0 aromatic heterocycles.